The van der Waals surface area contributed by atoms with Crippen molar-refractivity contribution < 1.29 is 13.0 Å². The summed E-state index contributed by atoms with van der Waals surface area (Å²) in [7, 11) is -4.15. The number of fused-ring (bicyclic) bond motifs is 1. The lowest BCUT2D eigenvalue weighted by molar-refractivity contribution is 0.483. The van der Waals surface area contributed by atoms with E-state index in [-0.39, 0.29) is 4.90 Å². The van der Waals surface area contributed by atoms with Crippen LogP contribution in [0.15, 0.2) is 41.3 Å². The molecule has 0 aliphatic heterocycles. The number of aryl methyl sites for hydroxylation is 1. The van der Waals surface area contributed by atoms with Crippen LogP contribution in [-0.4, -0.2) is 13.0 Å². The predicted molar refractivity (Wildman–Crippen MR) is 114 cm³/mol. The average Bonchev–Trinajstić information content (AvgIpc) is 2.65. The molecule has 0 bridgehead atoms. The van der Waals surface area contributed by atoms with Gasteiger partial charge >= 0.3 is 0 Å². The van der Waals surface area contributed by atoms with Gasteiger partial charge in [0, 0.05) is 0 Å². The van der Waals surface area contributed by atoms with Gasteiger partial charge in [-0.05, 0) is 41.3 Å². The van der Waals surface area contributed by atoms with Gasteiger partial charge in [-0.2, -0.15) is 8.42 Å². The predicted octanol–water partition coefficient (Wildman–Crippen LogP) is 6.94. The lowest BCUT2D eigenvalue weighted by Crippen LogP contribution is -1.98. The Balaban J connectivity index is 1.71. The Bertz CT molecular complexity index is 796. The lowest BCUT2D eigenvalue weighted by atomic mass is 9.99. The third kappa shape index (κ3) is 7.63. The fraction of sp³-hybridized carbons (Fsp3) is 0.565. The summed E-state index contributed by atoms with van der Waals surface area (Å²) in [5.41, 5.74) is 1.25. The summed E-state index contributed by atoms with van der Waals surface area (Å²) in [5, 5.41) is 1.95. The molecule has 0 amide bonds. The van der Waals surface area contributed by atoms with Gasteiger partial charge in [-0.25, -0.2) is 0 Å². The van der Waals surface area contributed by atoms with Gasteiger partial charge in [0.15, 0.2) is 0 Å². The Hall–Kier alpha value is -1.39. The summed E-state index contributed by atoms with van der Waals surface area (Å²) in [6, 6.07) is 10.8. The lowest BCUT2D eigenvalue weighted by Gasteiger charge is -2.08. The standard InChI is InChI=1S/C23H34O3S/c1-2-3-4-5-6-7-8-9-10-11-12-14-20-15-13-16-21-19-22(27(24,25)26)17-18-23(20)21/h13,15-19H,2-12,14H2,1H3,(H,24,25,26). The van der Waals surface area contributed by atoms with Crippen LogP contribution in [0.2, 0.25) is 0 Å². The van der Waals surface area contributed by atoms with Gasteiger partial charge in [-0.1, -0.05) is 95.4 Å². The minimum Gasteiger partial charge on any atom is -0.282 e. The maximum absolute atomic E-state index is 11.3. The van der Waals surface area contributed by atoms with Crippen molar-refractivity contribution in [1.29, 1.82) is 0 Å². The first-order valence-corrected chi connectivity index (χ1v) is 12.0. The van der Waals surface area contributed by atoms with Crippen LogP contribution in [0.1, 0.15) is 83.1 Å². The molecule has 2 aromatic rings. The molecule has 2 rings (SSSR count). The Labute approximate surface area is 164 Å². The molecule has 1 N–H and O–H groups in total. The molecule has 4 heteroatoms. The van der Waals surface area contributed by atoms with Crippen LogP contribution in [0.5, 0.6) is 0 Å². The Morgan fingerprint density at radius 2 is 1.37 bits per heavy atom. The van der Waals surface area contributed by atoms with E-state index in [0.29, 0.717) is 0 Å². The largest absolute Gasteiger partial charge is 0.294 e. The topological polar surface area (TPSA) is 54.4 Å². The summed E-state index contributed by atoms with van der Waals surface area (Å²) < 4.78 is 31.8. The van der Waals surface area contributed by atoms with Crippen LogP contribution in [0, 0.1) is 0 Å². The second kappa shape index (κ2) is 11.5. The molecule has 3 nitrogen and oxygen atoms in total. The third-order valence-electron chi connectivity index (χ3n) is 5.29. The van der Waals surface area contributed by atoms with E-state index >= 15 is 0 Å². The minimum absolute atomic E-state index is 0.0400. The monoisotopic (exact) mass is 390 g/mol. The zero-order chi connectivity index (χ0) is 19.5. The average molecular weight is 391 g/mol. The van der Waals surface area contributed by atoms with E-state index in [2.05, 4.69) is 13.0 Å². The van der Waals surface area contributed by atoms with Gasteiger partial charge in [0.05, 0.1) is 4.90 Å². The first-order valence-electron chi connectivity index (χ1n) is 10.5. The zero-order valence-electron chi connectivity index (χ0n) is 16.6. The van der Waals surface area contributed by atoms with Crippen molar-refractivity contribution in [3.8, 4) is 0 Å². The molecule has 0 radical (unpaired) electrons. The van der Waals surface area contributed by atoms with Crippen molar-refractivity contribution in [3.63, 3.8) is 0 Å². The zero-order valence-corrected chi connectivity index (χ0v) is 17.4. The molecule has 0 saturated carbocycles. The number of unbranched alkanes of at least 4 members (excludes halogenated alkanes) is 10. The summed E-state index contributed by atoms with van der Waals surface area (Å²) >= 11 is 0. The molecule has 0 saturated heterocycles. The highest BCUT2D eigenvalue weighted by Crippen LogP contribution is 2.24. The van der Waals surface area contributed by atoms with E-state index in [4.69, 9.17) is 0 Å². The fourth-order valence-electron chi connectivity index (χ4n) is 3.69. The van der Waals surface area contributed by atoms with Crippen molar-refractivity contribution in [2.75, 3.05) is 0 Å². The second-order valence-electron chi connectivity index (χ2n) is 7.56. The highest BCUT2D eigenvalue weighted by atomic mass is 32.2. The number of benzene rings is 2. The molecule has 2 aromatic carbocycles. The van der Waals surface area contributed by atoms with Crippen LogP contribution in [-0.2, 0) is 16.5 Å². The first kappa shape index (κ1) is 21.9. The van der Waals surface area contributed by atoms with E-state index < -0.39 is 10.1 Å². The minimum atomic E-state index is -4.15. The molecule has 0 aromatic heterocycles. The van der Waals surface area contributed by atoms with Crippen molar-refractivity contribution in [1.82, 2.24) is 0 Å². The van der Waals surface area contributed by atoms with Gasteiger partial charge in [0.2, 0.25) is 0 Å². The van der Waals surface area contributed by atoms with E-state index in [1.807, 2.05) is 18.2 Å². The maximum Gasteiger partial charge on any atom is 0.294 e. The van der Waals surface area contributed by atoms with Gasteiger partial charge < -0.3 is 0 Å². The molecule has 0 unspecified atom stereocenters. The molecule has 0 heterocycles. The van der Waals surface area contributed by atoms with Gasteiger partial charge in [-0.15, -0.1) is 0 Å². The maximum atomic E-state index is 11.3. The SMILES string of the molecule is CCCCCCCCCCCCCc1cccc2cc(S(=O)(=O)O)ccc12. The highest BCUT2D eigenvalue weighted by Gasteiger charge is 2.10. The quantitative estimate of drug-likeness (QED) is 0.298. The third-order valence-corrected chi connectivity index (χ3v) is 6.14. The molecule has 0 aliphatic carbocycles. The molecule has 0 aliphatic rings. The molecule has 0 fully saturated rings. The van der Waals surface area contributed by atoms with Crippen molar-refractivity contribution in [2.24, 2.45) is 0 Å². The van der Waals surface area contributed by atoms with E-state index in [0.717, 1.165) is 23.6 Å². The first-order chi connectivity index (χ1) is 13.0. The Morgan fingerprint density at radius 3 is 1.96 bits per heavy atom. The Kier molecular flexibility index (Phi) is 9.29. The fourth-order valence-corrected chi connectivity index (χ4v) is 4.20. The molecular weight excluding hydrogens is 356 g/mol. The number of hydrogen-bond donors (Lipinski definition) is 1. The molecule has 0 spiro atoms. The second-order valence-corrected chi connectivity index (χ2v) is 8.98. The highest BCUT2D eigenvalue weighted by molar-refractivity contribution is 7.85. The van der Waals surface area contributed by atoms with Crippen LogP contribution in [0.25, 0.3) is 10.8 Å². The van der Waals surface area contributed by atoms with E-state index in [1.165, 1.54) is 75.8 Å². The van der Waals surface area contributed by atoms with Crippen molar-refractivity contribution in [3.05, 3.63) is 42.0 Å². The summed E-state index contributed by atoms with van der Waals surface area (Å²) in [6.07, 6.45) is 15.7. The van der Waals surface area contributed by atoms with Crippen LogP contribution < -0.4 is 0 Å². The molecule has 27 heavy (non-hydrogen) atoms. The van der Waals surface area contributed by atoms with Crippen LogP contribution in [0.4, 0.5) is 0 Å². The van der Waals surface area contributed by atoms with Gasteiger partial charge in [0.1, 0.15) is 0 Å². The van der Waals surface area contributed by atoms with Crippen molar-refractivity contribution in [2.45, 2.75) is 88.9 Å². The number of rotatable bonds is 13. The van der Waals surface area contributed by atoms with Crippen LogP contribution in [0.3, 0.4) is 0 Å². The Morgan fingerprint density at radius 1 is 0.778 bits per heavy atom. The molecule has 150 valence electrons. The van der Waals surface area contributed by atoms with Gasteiger partial charge in [-0.3, -0.25) is 4.55 Å². The summed E-state index contributed by atoms with van der Waals surface area (Å²) in [6.45, 7) is 2.26. The number of hydrogen-bond acceptors (Lipinski definition) is 2. The van der Waals surface area contributed by atoms with Crippen LogP contribution >= 0.6 is 0 Å². The summed E-state index contributed by atoms with van der Waals surface area (Å²) in [5.74, 6) is 0. The van der Waals surface area contributed by atoms with E-state index in [1.54, 1.807) is 6.07 Å². The summed E-state index contributed by atoms with van der Waals surface area (Å²) in [4.78, 5) is -0.0400. The van der Waals surface area contributed by atoms with Gasteiger partial charge in [0.25, 0.3) is 10.1 Å². The molecular formula is C23H34O3S. The smallest absolute Gasteiger partial charge is 0.282 e. The molecule has 0 atom stereocenters. The van der Waals surface area contributed by atoms with E-state index in [9.17, 15) is 13.0 Å². The normalized spacial score (nSPS) is 11.9. The van der Waals surface area contributed by atoms with Crippen molar-refractivity contribution >= 4 is 20.9 Å².